The van der Waals surface area contributed by atoms with Crippen molar-refractivity contribution in [2.75, 3.05) is 12.8 Å². The molecule has 0 aliphatic rings. The van der Waals surface area contributed by atoms with Crippen molar-refractivity contribution in [3.05, 3.63) is 65.9 Å². The molecule has 1 aromatic heterocycles. The molecule has 0 saturated heterocycles. The lowest BCUT2D eigenvalue weighted by atomic mass is 9.98. The lowest BCUT2D eigenvalue weighted by Crippen LogP contribution is -2.17. The van der Waals surface area contributed by atoms with Crippen LogP contribution in [-0.2, 0) is 0 Å². The van der Waals surface area contributed by atoms with Gasteiger partial charge in [-0.25, -0.2) is 0 Å². The number of nitrogen functional groups attached to an aromatic ring is 1. The normalized spacial score (nSPS) is 12.7. The number of hydrogen-bond donors (Lipinski definition) is 3. The van der Waals surface area contributed by atoms with Crippen molar-refractivity contribution in [3.8, 4) is 0 Å². The van der Waals surface area contributed by atoms with Gasteiger partial charge < -0.3 is 16.0 Å². The molecule has 2 aromatic carbocycles. The van der Waals surface area contributed by atoms with Crippen LogP contribution in [0.4, 0.5) is 5.69 Å². The summed E-state index contributed by atoms with van der Waals surface area (Å²) in [5.41, 5.74) is 10.2. The molecule has 3 aromatic rings. The van der Waals surface area contributed by atoms with Crippen LogP contribution in [0.3, 0.4) is 0 Å². The molecule has 0 saturated carbocycles. The van der Waals surface area contributed by atoms with Gasteiger partial charge in [0.15, 0.2) is 0 Å². The van der Waals surface area contributed by atoms with Crippen molar-refractivity contribution >= 4 is 16.6 Å². The third kappa shape index (κ3) is 2.09. The van der Waals surface area contributed by atoms with E-state index in [9.17, 15) is 0 Å². The molecule has 3 heteroatoms. The molecule has 0 spiro atoms. The van der Waals surface area contributed by atoms with E-state index >= 15 is 0 Å². The van der Waals surface area contributed by atoms with Gasteiger partial charge in [-0.2, -0.15) is 0 Å². The van der Waals surface area contributed by atoms with Crippen LogP contribution in [-0.4, -0.2) is 12.0 Å². The van der Waals surface area contributed by atoms with E-state index in [1.54, 1.807) is 0 Å². The van der Waals surface area contributed by atoms with Gasteiger partial charge in [-0.1, -0.05) is 30.3 Å². The number of anilines is 1. The molecule has 0 bridgehead atoms. The molecule has 0 radical (unpaired) electrons. The van der Waals surface area contributed by atoms with E-state index in [-0.39, 0.29) is 6.04 Å². The Kier molecular flexibility index (Phi) is 2.97. The van der Waals surface area contributed by atoms with Crippen LogP contribution < -0.4 is 11.1 Å². The molecular formula is C16H17N3. The monoisotopic (exact) mass is 251 g/mol. The summed E-state index contributed by atoms with van der Waals surface area (Å²) in [4.78, 5) is 3.32. The number of benzene rings is 2. The van der Waals surface area contributed by atoms with Gasteiger partial charge in [0.1, 0.15) is 0 Å². The Balaban J connectivity index is 2.12. The highest BCUT2D eigenvalue weighted by atomic mass is 14.9. The van der Waals surface area contributed by atoms with Crippen molar-refractivity contribution in [2.45, 2.75) is 6.04 Å². The number of hydrogen-bond acceptors (Lipinski definition) is 2. The number of fused-ring (bicyclic) bond motifs is 1. The van der Waals surface area contributed by atoms with E-state index in [2.05, 4.69) is 40.8 Å². The van der Waals surface area contributed by atoms with Crippen LogP contribution >= 0.6 is 0 Å². The summed E-state index contributed by atoms with van der Waals surface area (Å²) in [5.74, 6) is 0. The minimum absolute atomic E-state index is 0.139. The van der Waals surface area contributed by atoms with E-state index in [1.807, 2.05) is 31.3 Å². The second-order valence-electron chi connectivity index (χ2n) is 4.68. The average molecular weight is 251 g/mol. The summed E-state index contributed by atoms with van der Waals surface area (Å²) in [6.45, 7) is 0. The average Bonchev–Trinajstić information content (AvgIpc) is 2.84. The third-order valence-electron chi connectivity index (χ3n) is 3.46. The molecule has 4 N–H and O–H groups in total. The maximum Gasteiger partial charge on any atom is 0.0596 e. The van der Waals surface area contributed by atoms with Gasteiger partial charge in [0.05, 0.1) is 6.04 Å². The maximum atomic E-state index is 5.88. The second-order valence-corrected chi connectivity index (χ2v) is 4.68. The van der Waals surface area contributed by atoms with Crippen molar-refractivity contribution in [3.63, 3.8) is 0 Å². The zero-order valence-electron chi connectivity index (χ0n) is 10.9. The second kappa shape index (κ2) is 4.78. The van der Waals surface area contributed by atoms with Gasteiger partial charge in [0.25, 0.3) is 0 Å². The van der Waals surface area contributed by atoms with Crippen molar-refractivity contribution in [1.82, 2.24) is 10.3 Å². The minimum atomic E-state index is 0.139. The molecule has 1 unspecified atom stereocenters. The Morgan fingerprint density at radius 1 is 1.11 bits per heavy atom. The summed E-state index contributed by atoms with van der Waals surface area (Å²) < 4.78 is 0. The first-order chi connectivity index (χ1) is 9.29. The van der Waals surface area contributed by atoms with Crippen LogP contribution in [0, 0.1) is 0 Å². The van der Waals surface area contributed by atoms with Crippen LogP contribution in [0.5, 0.6) is 0 Å². The van der Waals surface area contributed by atoms with Crippen molar-refractivity contribution < 1.29 is 0 Å². The van der Waals surface area contributed by atoms with Gasteiger partial charge in [0.2, 0.25) is 0 Å². The van der Waals surface area contributed by atoms with E-state index in [0.717, 1.165) is 11.2 Å². The predicted octanol–water partition coefficient (Wildman–Crippen LogP) is 3.06. The smallest absolute Gasteiger partial charge is 0.0596 e. The van der Waals surface area contributed by atoms with Gasteiger partial charge in [0, 0.05) is 22.8 Å². The van der Waals surface area contributed by atoms with Crippen molar-refractivity contribution in [1.29, 1.82) is 0 Å². The fourth-order valence-electron chi connectivity index (χ4n) is 2.57. The number of nitrogens with two attached hydrogens (primary N) is 1. The fraction of sp³-hybridized carbons (Fsp3) is 0.125. The lowest BCUT2D eigenvalue weighted by Gasteiger charge is -2.16. The van der Waals surface area contributed by atoms with Crippen LogP contribution in [0.25, 0.3) is 10.9 Å². The molecule has 0 fully saturated rings. The first-order valence-electron chi connectivity index (χ1n) is 6.38. The summed E-state index contributed by atoms with van der Waals surface area (Å²) in [6.07, 6.45) is 2.06. The molecule has 3 nitrogen and oxygen atoms in total. The molecule has 0 aliphatic heterocycles. The van der Waals surface area contributed by atoms with Crippen LogP contribution in [0.2, 0.25) is 0 Å². The van der Waals surface area contributed by atoms with Gasteiger partial charge >= 0.3 is 0 Å². The van der Waals surface area contributed by atoms with Crippen LogP contribution in [0.15, 0.2) is 54.7 Å². The molecular weight excluding hydrogens is 234 g/mol. The Hall–Kier alpha value is -2.26. The van der Waals surface area contributed by atoms with E-state index < -0.39 is 0 Å². The first kappa shape index (κ1) is 11.8. The SMILES string of the molecule is CNC(c1cccc(N)c1)c1c[nH]c2ccccc12. The maximum absolute atomic E-state index is 5.88. The van der Waals surface area contributed by atoms with E-state index in [1.165, 1.54) is 16.5 Å². The topological polar surface area (TPSA) is 53.8 Å². The number of aromatic amines is 1. The summed E-state index contributed by atoms with van der Waals surface area (Å²) >= 11 is 0. The number of nitrogens with one attached hydrogen (secondary N) is 2. The number of rotatable bonds is 3. The number of H-pyrrole nitrogens is 1. The molecule has 1 atom stereocenters. The molecule has 19 heavy (non-hydrogen) atoms. The third-order valence-corrected chi connectivity index (χ3v) is 3.46. The standard InChI is InChI=1S/C16H17N3/c1-18-16(11-5-4-6-12(17)9-11)14-10-19-15-8-3-2-7-13(14)15/h2-10,16,18-19H,17H2,1H3. The molecule has 96 valence electrons. The quantitative estimate of drug-likeness (QED) is 0.627. The van der Waals surface area contributed by atoms with Crippen LogP contribution in [0.1, 0.15) is 17.2 Å². The Labute approximate surface area is 112 Å². The van der Waals surface area contributed by atoms with E-state index in [0.29, 0.717) is 0 Å². The molecule has 1 heterocycles. The fourth-order valence-corrected chi connectivity index (χ4v) is 2.57. The lowest BCUT2D eigenvalue weighted by molar-refractivity contribution is 0.697. The zero-order chi connectivity index (χ0) is 13.2. The largest absolute Gasteiger partial charge is 0.399 e. The molecule has 0 amide bonds. The number of para-hydroxylation sites is 1. The Bertz CT molecular complexity index is 700. The van der Waals surface area contributed by atoms with Gasteiger partial charge in [-0.05, 0) is 36.4 Å². The van der Waals surface area contributed by atoms with Crippen molar-refractivity contribution in [2.24, 2.45) is 0 Å². The number of aromatic nitrogens is 1. The summed E-state index contributed by atoms with van der Waals surface area (Å²) in [5, 5.41) is 4.60. The summed E-state index contributed by atoms with van der Waals surface area (Å²) in [6, 6.07) is 16.5. The summed E-state index contributed by atoms with van der Waals surface area (Å²) in [7, 11) is 1.97. The highest BCUT2D eigenvalue weighted by Gasteiger charge is 2.15. The molecule has 0 aliphatic carbocycles. The van der Waals surface area contributed by atoms with Gasteiger partial charge in [-0.15, -0.1) is 0 Å². The highest BCUT2D eigenvalue weighted by Crippen LogP contribution is 2.29. The predicted molar refractivity (Wildman–Crippen MR) is 80.1 cm³/mol. The Morgan fingerprint density at radius 2 is 1.95 bits per heavy atom. The first-order valence-corrected chi connectivity index (χ1v) is 6.38. The minimum Gasteiger partial charge on any atom is -0.399 e. The van der Waals surface area contributed by atoms with Gasteiger partial charge in [-0.3, -0.25) is 0 Å². The van der Waals surface area contributed by atoms with E-state index in [4.69, 9.17) is 5.73 Å². The molecule has 3 rings (SSSR count). The Morgan fingerprint density at radius 3 is 2.74 bits per heavy atom. The zero-order valence-corrected chi connectivity index (χ0v) is 10.9. The highest BCUT2D eigenvalue weighted by molar-refractivity contribution is 5.84.